The van der Waals surface area contributed by atoms with Crippen molar-refractivity contribution in [3.63, 3.8) is 0 Å². The predicted octanol–water partition coefficient (Wildman–Crippen LogP) is 2.23. The Morgan fingerprint density at radius 3 is 2.75 bits per heavy atom. The van der Waals surface area contributed by atoms with Crippen LogP contribution in [0, 0.1) is 0 Å². The number of hydrogen-bond acceptors (Lipinski definition) is 7. The molecule has 1 aliphatic carbocycles. The van der Waals surface area contributed by atoms with Crippen molar-refractivity contribution in [3.8, 4) is 5.75 Å². The van der Waals surface area contributed by atoms with E-state index >= 15 is 0 Å². The molecule has 170 valence electrons. The summed E-state index contributed by atoms with van der Waals surface area (Å²) in [5.74, 6) is -0.291. The van der Waals surface area contributed by atoms with Crippen LogP contribution in [0.4, 0.5) is 5.69 Å². The van der Waals surface area contributed by atoms with Crippen molar-refractivity contribution in [2.45, 2.75) is 37.1 Å². The van der Waals surface area contributed by atoms with E-state index < -0.39 is 15.9 Å². The molecule has 11 heteroatoms. The number of rotatable bonds is 6. The largest absolute Gasteiger partial charge is 0.495 e. The van der Waals surface area contributed by atoms with E-state index in [9.17, 15) is 18.0 Å². The zero-order chi connectivity index (χ0) is 23.0. The molecule has 1 amide bonds. The minimum absolute atomic E-state index is 0.0621. The predicted molar refractivity (Wildman–Crippen MR) is 123 cm³/mol. The first-order valence-corrected chi connectivity index (χ1v) is 12.4. The monoisotopic (exact) mass is 476 g/mol. The minimum atomic E-state index is -3.78. The Balaban J connectivity index is 1.60. The lowest BCUT2D eigenvalue weighted by atomic mass is 9.97. The van der Waals surface area contributed by atoms with Crippen LogP contribution in [0.15, 0.2) is 34.2 Å². The number of aromatic nitrogens is 2. The second kappa shape index (κ2) is 8.64. The number of sulfonamides is 1. The third-order valence-corrected chi connectivity index (χ3v) is 8.50. The van der Waals surface area contributed by atoms with Crippen molar-refractivity contribution in [3.05, 3.63) is 45.3 Å². The molecule has 1 aromatic carbocycles. The van der Waals surface area contributed by atoms with Crippen LogP contribution < -0.4 is 15.6 Å². The van der Waals surface area contributed by atoms with Crippen LogP contribution in [0.25, 0.3) is 10.2 Å². The first-order valence-electron chi connectivity index (χ1n) is 10.1. The van der Waals surface area contributed by atoms with Crippen molar-refractivity contribution < 1.29 is 17.9 Å². The third kappa shape index (κ3) is 4.03. The van der Waals surface area contributed by atoms with Crippen molar-refractivity contribution >= 4 is 43.2 Å². The van der Waals surface area contributed by atoms with Gasteiger partial charge in [-0.25, -0.2) is 17.7 Å². The second-order valence-corrected chi connectivity index (χ2v) is 11.0. The molecule has 1 N–H and O–H groups in total. The number of benzene rings is 1. The zero-order valence-corrected chi connectivity index (χ0v) is 19.7. The van der Waals surface area contributed by atoms with Gasteiger partial charge in [-0.05, 0) is 49.4 Å². The first-order chi connectivity index (χ1) is 15.2. The van der Waals surface area contributed by atoms with Gasteiger partial charge in [0.05, 0.1) is 18.8 Å². The molecule has 2 heterocycles. The number of amides is 1. The highest BCUT2D eigenvalue weighted by Gasteiger charge is 2.24. The van der Waals surface area contributed by atoms with Gasteiger partial charge >= 0.3 is 0 Å². The summed E-state index contributed by atoms with van der Waals surface area (Å²) in [5.41, 5.74) is 1.12. The minimum Gasteiger partial charge on any atom is -0.495 e. The molecule has 9 nitrogen and oxygen atoms in total. The number of hydrogen-bond donors (Lipinski definition) is 1. The van der Waals surface area contributed by atoms with Gasteiger partial charge in [-0.1, -0.05) is 0 Å². The van der Waals surface area contributed by atoms with Crippen LogP contribution >= 0.6 is 11.3 Å². The summed E-state index contributed by atoms with van der Waals surface area (Å²) in [7, 11) is 0.429. The molecule has 2 aromatic heterocycles. The Labute approximate surface area is 189 Å². The smallest absolute Gasteiger partial charge is 0.262 e. The molecule has 32 heavy (non-hydrogen) atoms. The number of anilines is 1. The molecule has 0 unspecified atom stereocenters. The van der Waals surface area contributed by atoms with E-state index in [-0.39, 0.29) is 28.4 Å². The van der Waals surface area contributed by atoms with Crippen molar-refractivity contribution in [1.29, 1.82) is 0 Å². The average Bonchev–Trinajstić information content (AvgIpc) is 3.15. The van der Waals surface area contributed by atoms with Crippen LogP contribution in [0.1, 0.15) is 23.3 Å². The highest BCUT2D eigenvalue weighted by Crippen LogP contribution is 2.33. The van der Waals surface area contributed by atoms with Crippen molar-refractivity contribution in [2.75, 3.05) is 26.5 Å². The standard InChI is InChI=1S/C21H24N4O5S2/c1-24(2)32(28,29)17-10-13(8-9-15(17)30-3)23-18(26)11-25-12-22-20-19(21(25)27)14-6-4-5-7-16(14)31-20/h8-10,12H,4-7,11H2,1-3H3,(H,23,26). The number of nitrogens with zero attached hydrogens (tertiary/aromatic N) is 3. The van der Waals surface area contributed by atoms with Gasteiger partial charge in [0.25, 0.3) is 5.56 Å². The summed E-state index contributed by atoms with van der Waals surface area (Å²) in [4.78, 5) is 32.0. The summed E-state index contributed by atoms with van der Waals surface area (Å²) >= 11 is 1.56. The highest BCUT2D eigenvalue weighted by molar-refractivity contribution is 7.89. The molecule has 0 aliphatic heterocycles. The van der Waals surface area contributed by atoms with E-state index in [2.05, 4.69) is 10.3 Å². The van der Waals surface area contributed by atoms with Gasteiger partial charge in [0.15, 0.2) is 0 Å². The number of fused-ring (bicyclic) bond motifs is 3. The molecular formula is C21H24N4O5S2. The Morgan fingerprint density at radius 1 is 1.28 bits per heavy atom. The van der Waals surface area contributed by atoms with Gasteiger partial charge in [0.1, 0.15) is 22.0 Å². The molecule has 0 fully saturated rings. The van der Waals surface area contributed by atoms with Crippen LogP contribution in [0.3, 0.4) is 0 Å². The topological polar surface area (TPSA) is 111 Å². The molecule has 0 spiro atoms. The lowest BCUT2D eigenvalue weighted by molar-refractivity contribution is -0.116. The fraction of sp³-hybridized carbons (Fsp3) is 0.381. The number of carbonyl (C=O) groups excluding carboxylic acids is 1. The maximum absolute atomic E-state index is 13.0. The zero-order valence-electron chi connectivity index (χ0n) is 18.0. The number of carbonyl (C=O) groups is 1. The third-order valence-electron chi connectivity index (χ3n) is 5.46. The molecule has 0 bridgehead atoms. The fourth-order valence-electron chi connectivity index (χ4n) is 3.80. The summed E-state index contributed by atoms with van der Waals surface area (Å²) in [6.07, 6.45) is 5.37. The summed E-state index contributed by atoms with van der Waals surface area (Å²) in [5, 5.41) is 3.28. The Bertz CT molecular complexity index is 1360. The second-order valence-electron chi connectivity index (χ2n) is 7.77. The average molecular weight is 477 g/mol. The van der Waals surface area contributed by atoms with E-state index in [4.69, 9.17) is 4.74 Å². The molecular weight excluding hydrogens is 452 g/mol. The molecule has 0 saturated heterocycles. The molecule has 1 aliphatic rings. The van der Waals surface area contributed by atoms with Gasteiger partial charge in [0, 0.05) is 24.7 Å². The van der Waals surface area contributed by atoms with E-state index in [0.29, 0.717) is 10.2 Å². The van der Waals surface area contributed by atoms with Crippen LogP contribution in [-0.4, -0.2) is 49.4 Å². The Hall–Kier alpha value is -2.76. The lowest BCUT2D eigenvalue weighted by Gasteiger charge is -2.16. The molecule has 0 radical (unpaired) electrons. The van der Waals surface area contributed by atoms with Gasteiger partial charge in [-0.15, -0.1) is 11.3 Å². The number of nitrogens with one attached hydrogen (secondary N) is 1. The number of ether oxygens (including phenoxy) is 1. The fourth-order valence-corrected chi connectivity index (χ4v) is 6.10. The summed E-state index contributed by atoms with van der Waals surface area (Å²) in [6.45, 7) is -0.228. The normalized spacial score (nSPS) is 13.9. The van der Waals surface area contributed by atoms with Crippen LogP contribution in [0.2, 0.25) is 0 Å². The quantitative estimate of drug-likeness (QED) is 0.584. The van der Waals surface area contributed by atoms with E-state index in [1.54, 1.807) is 17.4 Å². The SMILES string of the molecule is COc1ccc(NC(=O)Cn2cnc3sc4c(c3c2=O)CCCC4)cc1S(=O)(=O)N(C)C. The van der Waals surface area contributed by atoms with E-state index in [1.165, 1.54) is 49.1 Å². The van der Waals surface area contributed by atoms with Crippen LogP contribution in [-0.2, 0) is 34.2 Å². The van der Waals surface area contributed by atoms with Gasteiger partial charge in [0.2, 0.25) is 15.9 Å². The molecule has 0 saturated carbocycles. The first kappa shape index (κ1) is 22.4. The van der Waals surface area contributed by atoms with E-state index in [1.807, 2.05) is 0 Å². The van der Waals surface area contributed by atoms with Crippen molar-refractivity contribution in [1.82, 2.24) is 13.9 Å². The Morgan fingerprint density at radius 2 is 2.03 bits per heavy atom. The number of aryl methyl sites for hydroxylation is 2. The maximum atomic E-state index is 13.0. The van der Waals surface area contributed by atoms with Gasteiger partial charge in [-0.2, -0.15) is 0 Å². The van der Waals surface area contributed by atoms with E-state index in [0.717, 1.165) is 35.6 Å². The summed E-state index contributed by atoms with van der Waals surface area (Å²) < 4.78 is 32.7. The lowest BCUT2D eigenvalue weighted by Crippen LogP contribution is -2.28. The number of thiophene rings is 1. The number of methoxy groups -OCH3 is 1. The molecule has 0 atom stereocenters. The molecule has 4 rings (SSSR count). The van der Waals surface area contributed by atoms with Gasteiger partial charge in [-0.3, -0.25) is 14.2 Å². The maximum Gasteiger partial charge on any atom is 0.262 e. The van der Waals surface area contributed by atoms with Crippen LogP contribution in [0.5, 0.6) is 5.75 Å². The van der Waals surface area contributed by atoms with Crippen molar-refractivity contribution in [2.24, 2.45) is 0 Å². The summed E-state index contributed by atoms with van der Waals surface area (Å²) in [6, 6.07) is 4.36. The highest BCUT2D eigenvalue weighted by atomic mass is 32.2. The van der Waals surface area contributed by atoms with Gasteiger partial charge < -0.3 is 10.1 Å². The molecule has 3 aromatic rings. The Kier molecular flexibility index (Phi) is 6.06.